The van der Waals surface area contributed by atoms with E-state index in [9.17, 15) is 0 Å². The molecule has 0 unspecified atom stereocenters. The molecule has 0 spiro atoms. The number of thioether (sulfide) groups is 1. The number of hydrogen-bond acceptors (Lipinski definition) is 4. The smallest absolute Gasteiger partial charge is 0.119 e. The number of rotatable bonds is 7. The second-order valence-corrected chi connectivity index (χ2v) is 13.2. The molecule has 4 rings (SSSR count). The molecule has 0 atom stereocenters. The number of benzene rings is 2. The van der Waals surface area contributed by atoms with Crippen LogP contribution in [0.3, 0.4) is 0 Å². The maximum Gasteiger partial charge on any atom is 0.119 e. The molecule has 2 aromatic carbocycles. The SMILES string of the molecule is C=CSc1ccc(C=N/C=N\c2cc3c(ccc4c(C)c(CC(C)C)sc43)s2)cc1C(C)(C)C. The van der Waals surface area contributed by atoms with Crippen LogP contribution in [0.2, 0.25) is 0 Å². The zero-order valence-corrected chi connectivity index (χ0v) is 23.3. The van der Waals surface area contributed by atoms with Crippen molar-refractivity contribution in [2.24, 2.45) is 15.9 Å². The molecule has 0 bridgehead atoms. The molecule has 0 aliphatic heterocycles. The highest BCUT2D eigenvalue weighted by Crippen LogP contribution is 2.42. The summed E-state index contributed by atoms with van der Waals surface area (Å²) in [6.07, 6.45) is 4.68. The first-order valence-electron chi connectivity index (χ1n) is 11.6. The predicted octanol–water partition coefficient (Wildman–Crippen LogP) is 9.93. The molecular weight excluding hydrogens is 473 g/mol. The second-order valence-electron chi connectivity index (χ2n) is 10.00. The summed E-state index contributed by atoms with van der Waals surface area (Å²) >= 11 is 5.34. The molecule has 0 N–H and O–H groups in total. The third kappa shape index (κ3) is 5.37. The minimum atomic E-state index is 0.0564. The lowest BCUT2D eigenvalue weighted by Gasteiger charge is -2.22. The maximum atomic E-state index is 4.64. The first-order chi connectivity index (χ1) is 16.2. The van der Waals surface area contributed by atoms with Gasteiger partial charge < -0.3 is 0 Å². The molecule has 0 aliphatic rings. The van der Waals surface area contributed by atoms with Crippen LogP contribution in [0.25, 0.3) is 20.2 Å². The Morgan fingerprint density at radius 2 is 1.85 bits per heavy atom. The Labute approximate surface area is 215 Å². The maximum absolute atomic E-state index is 4.64. The predicted molar refractivity (Wildman–Crippen MR) is 157 cm³/mol. The van der Waals surface area contributed by atoms with Crippen molar-refractivity contribution < 1.29 is 0 Å². The fourth-order valence-electron chi connectivity index (χ4n) is 4.07. The van der Waals surface area contributed by atoms with E-state index in [2.05, 4.69) is 94.5 Å². The summed E-state index contributed by atoms with van der Waals surface area (Å²) in [7, 11) is 0. The van der Waals surface area contributed by atoms with Crippen LogP contribution < -0.4 is 0 Å². The Kier molecular flexibility index (Phi) is 7.46. The monoisotopic (exact) mass is 504 g/mol. The van der Waals surface area contributed by atoms with Gasteiger partial charge in [-0.05, 0) is 76.4 Å². The topological polar surface area (TPSA) is 24.7 Å². The van der Waals surface area contributed by atoms with Gasteiger partial charge in [0.1, 0.15) is 11.3 Å². The van der Waals surface area contributed by atoms with Gasteiger partial charge >= 0.3 is 0 Å². The standard InChI is InChI=1S/C29H32N2S3/c1-8-32-25-11-9-20(14-23(25)29(5,6)7)16-30-17-31-27-15-22-24(33-27)12-10-21-19(4)26(13-18(2)3)34-28(21)22/h8-12,14-18H,1,13H2,2-7H3/b30-16?,31-17-. The van der Waals surface area contributed by atoms with Crippen LogP contribution in [-0.4, -0.2) is 12.6 Å². The summed E-state index contributed by atoms with van der Waals surface area (Å²) in [5.41, 5.74) is 3.87. The summed E-state index contributed by atoms with van der Waals surface area (Å²) in [6.45, 7) is 17.4. The second kappa shape index (κ2) is 10.2. The van der Waals surface area contributed by atoms with Gasteiger partial charge in [-0.1, -0.05) is 65.1 Å². The van der Waals surface area contributed by atoms with E-state index in [1.807, 2.05) is 23.0 Å². The first kappa shape index (κ1) is 24.9. The molecule has 4 aromatic rings. The van der Waals surface area contributed by atoms with Crippen molar-refractivity contribution in [2.75, 3.05) is 0 Å². The Hall–Kier alpha value is -2.21. The molecule has 34 heavy (non-hydrogen) atoms. The third-order valence-corrected chi connectivity index (χ3v) is 8.92. The molecule has 0 saturated heterocycles. The highest BCUT2D eigenvalue weighted by atomic mass is 32.2. The highest BCUT2D eigenvalue weighted by molar-refractivity contribution is 8.02. The van der Waals surface area contributed by atoms with E-state index >= 15 is 0 Å². The van der Waals surface area contributed by atoms with Gasteiger partial charge in [-0.3, -0.25) is 0 Å². The first-order valence-corrected chi connectivity index (χ1v) is 14.1. The Bertz CT molecular complexity index is 1390. The summed E-state index contributed by atoms with van der Waals surface area (Å²) in [4.78, 5) is 11.9. The Balaban J connectivity index is 1.58. The van der Waals surface area contributed by atoms with Crippen molar-refractivity contribution in [1.82, 2.24) is 0 Å². The lowest BCUT2D eigenvalue weighted by molar-refractivity contribution is 0.578. The van der Waals surface area contributed by atoms with Gasteiger partial charge in [0, 0.05) is 30.8 Å². The van der Waals surface area contributed by atoms with Gasteiger partial charge in [-0.2, -0.15) is 0 Å². The van der Waals surface area contributed by atoms with Gasteiger partial charge in [0.25, 0.3) is 0 Å². The Morgan fingerprint density at radius 1 is 1.06 bits per heavy atom. The number of fused-ring (bicyclic) bond motifs is 3. The minimum absolute atomic E-state index is 0.0564. The van der Waals surface area contributed by atoms with Crippen molar-refractivity contribution in [2.45, 2.75) is 58.3 Å². The molecule has 2 heterocycles. The number of nitrogens with zero attached hydrogens (tertiary/aromatic N) is 2. The van der Waals surface area contributed by atoms with E-state index in [0.29, 0.717) is 5.92 Å². The third-order valence-electron chi connectivity index (χ3n) is 5.78. The molecule has 0 amide bonds. The lowest BCUT2D eigenvalue weighted by atomic mass is 9.86. The van der Waals surface area contributed by atoms with Crippen LogP contribution >= 0.6 is 34.4 Å². The van der Waals surface area contributed by atoms with E-state index in [1.165, 1.54) is 41.1 Å². The van der Waals surface area contributed by atoms with Crippen molar-refractivity contribution in [3.63, 3.8) is 0 Å². The van der Waals surface area contributed by atoms with Crippen LogP contribution in [0.15, 0.2) is 63.3 Å². The number of thiophene rings is 2. The van der Waals surface area contributed by atoms with E-state index in [1.54, 1.807) is 29.4 Å². The quantitative estimate of drug-likeness (QED) is 0.140. The zero-order valence-electron chi connectivity index (χ0n) is 20.8. The molecule has 5 heteroatoms. The number of aliphatic imine (C=N–C) groups is 2. The van der Waals surface area contributed by atoms with Crippen LogP contribution in [0.4, 0.5) is 5.00 Å². The van der Waals surface area contributed by atoms with Crippen LogP contribution in [0.1, 0.15) is 56.2 Å². The van der Waals surface area contributed by atoms with Crippen LogP contribution in [-0.2, 0) is 11.8 Å². The average molecular weight is 505 g/mol. The summed E-state index contributed by atoms with van der Waals surface area (Å²) in [5, 5.41) is 5.56. The molecule has 0 fully saturated rings. The van der Waals surface area contributed by atoms with E-state index < -0.39 is 0 Å². The summed E-state index contributed by atoms with van der Waals surface area (Å²) in [6, 6.07) is 13.2. The van der Waals surface area contributed by atoms with Crippen LogP contribution in [0.5, 0.6) is 0 Å². The molecule has 176 valence electrons. The highest BCUT2D eigenvalue weighted by Gasteiger charge is 2.18. The zero-order chi connectivity index (χ0) is 24.5. The van der Waals surface area contributed by atoms with Crippen molar-refractivity contribution in [1.29, 1.82) is 0 Å². The van der Waals surface area contributed by atoms with Gasteiger partial charge in [0.05, 0.1) is 0 Å². The van der Waals surface area contributed by atoms with Gasteiger partial charge in [0.15, 0.2) is 0 Å². The lowest BCUT2D eigenvalue weighted by Crippen LogP contribution is -2.13. The van der Waals surface area contributed by atoms with Crippen molar-refractivity contribution in [3.05, 3.63) is 70.0 Å². The van der Waals surface area contributed by atoms with Crippen LogP contribution in [0, 0.1) is 12.8 Å². The van der Waals surface area contributed by atoms with Crippen molar-refractivity contribution >= 4 is 72.2 Å². The largest absolute Gasteiger partial charge is 0.244 e. The summed E-state index contributed by atoms with van der Waals surface area (Å²) < 4.78 is 2.67. The fourth-order valence-corrected chi connectivity index (χ4v) is 7.40. The number of aryl methyl sites for hydroxylation is 1. The minimum Gasteiger partial charge on any atom is -0.244 e. The fraction of sp³-hybridized carbons (Fsp3) is 0.310. The van der Waals surface area contributed by atoms with Crippen molar-refractivity contribution in [3.8, 4) is 0 Å². The average Bonchev–Trinajstić information content (AvgIpc) is 3.32. The normalized spacial score (nSPS) is 12.8. The van der Waals surface area contributed by atoms with Gasteiger partial charge in [-0.25, -0.2) is 9.98 Å². The molecule has 0 aliphatic carbocycles. The van der Waals surface area contributed by atoms with Gasteiger partial charge in [-0.15, -0.1) is 22.7 Å². The molecule has 0 radical (unpaired) electrons. The molecule has 2 nitrogen and oxygen atoms in total. The molecule has 0 saturated carbocycles. The Morgan fingerprint density at radius 3 is 2.56 bits per heavy atom. The van der Waals surface area contributed by atoms with E-state index in [0.717, 1.165) is 17.0 Å². The van der Waals surface area contributed by atoms with E-state index in [-0.39, 0.29) is 5.41 Å². The van der Waals surface area contributed by atoms with E-state index in [4.69, 9.17) is 0 Å². The van der Waals surface area contributed by atoms with Gasteiger partial charge in [0.2, 0.25) is 0 Å². The summed E-state index contributed by atoms with van der Waals surface area (Å²) in [5.74, 6) is 0.666. The molecule has 2 aromatic heterocycles. The molecular formula is C29H32N2S3. The number of hydrogen-bond donors (Lipinski definition) is 0.